The van der Waals surface area contributed by atoms with Gasteiger partial charge in [0.1, 0.15) is 6.61 Å². The predicted octanol–water partition coefficient (Wildman–Crippen LogP) is 4.95. The van der Waals surface area contributed by atoms with Crippen LogP contribution in [0.25, 0.3) is 11.1 Å². The van der Waals surface area contributed by atoms with Crippen molar-refractivity contribution in [2.45, 2.75) is 65.0 Å². The normalized spacial score (nSPS) is 15.0. The molecule has 2 aromatic carbocycles. The smallest absolute Gasteiger partial charge is 0.407 e. The number of carboxylic acid groups (broad SMARTS) is 1. The van der Waals surface area contributed by atoms with E-state index >= 15 is 0 Å². The molecule has 3 atom stereocenters. The van der Waals surface area contributed by atoms with E-state index in [0.717, 1.165) is 11.1 Å². The zero-order chi connectivity index (χ0) is 25.5. The first-order valence-corrected chi connectivity index (χ1v) is 12.3. The molecule has 0 bridgehead atoms. The summed E-state index contributed by atoms with van der Waals surface area (Å²) in [5.74, 6) is -1.79. The van der Waals surface area contributed by atoms with Crippen LogP contribution in [-0.2, 0) is 14.3 Å². The van der Waals surface area contributed by atoms with Gasteiger partial charge in [0.25, 0.3) is 0 Å². The minimum atomic E-state index is -0.909. The number of nitrogens with one attached hydrogen (secondary N) is 2. The van der Waals surface area contributed by atoms with Crippen molar-refractivity contribution in [3.63, 3.8) is 0 Å². The lowest BCUT2D eigenvalue weighted by Crippen LogP contribution is -2.43. The van der Waals surface area contributed by atoms with Crippen molar-refractivity contribution in [2.75, 3.05) is 6.61 Å². The number of alkyl carbamates (subject to hydrolysis) is 1. The van der Waals surface area contributed by atoms with E-state index in [-0.39, 0.29) is 36.8 Å². The van der Waals surface area contributed by atoms with Gasteiger partial charge in [-0.25, -0.2) is 4.79 Å². The summed E-state index contributed by atoms with van der Waals surface area (Å²) in [6, 6.07) is 15.8. The van der Waals surface area contributed by atoms with Gasteiger partial charge in [0, 0.05) is 24.4 Å². The number of ether oxygens (including phenoxy) is 1. The molecule has 0 fully saturated rings. The topological polar surface area (TPSA) is 105 Å². The Morgan fingerprint density at radius 2 is 1.49 bits per heavy atom. The molecule has 1 aliphatic carbocycles. The Balaban J connectivity index is 1.41. The van der Waals surface area contributed by atoms with E-state index in [1.807, 2.05) is 45.0 Å². The maximum Gasteiger partial charge on any atom is 0.407 e. The zero-order valence-corrected chi connectivity index (χ0v) is 20.9. The van der Waals surface area contributed by atoms with Gasteiger partial charge in [0.05, 0.1) is 5.92 Å². The van der Waals surface area contributed by atoms with Crippen LogP contribution in [0.4, 0.5) is 4.79 Å². The van der Waals surface area contributed by atoms with Crippen LogP contribution in [0.3, 0.4) is 0 Å². The molecule has 3 N–H and O–H groups in total. The summed E-state index contributed by atoms with van der Waals surface area (Å²) in [5.41, 5.74) is 4.69. The number of carbonyl (C=O) groups excluding carboxylic acids is 2. The lowest BCUT2D eigenvalue weighted by Gasteiger charge is -2.24. The van der Waals surface area contributed by atoms with Crippen LogP contribution in [-0.4, -0.2) is 41.8 Å². The van der Waals surface area contributed by atoms with Gasteiger partial charge in [-0.15, -0.1) is 0 Å². The van der Waals surface area contributed by atoms with Crippen molar-refractivity contribution in [3.05, 3.63) is 59.7 Å². The maximum atomic E-state index is 12.4. The molecule has 0 heterocycles. The third kappa shape index (κ3) is 6.62. The molecule has 0 saturated heterocycles. The van der Waals surface area contributed by atoms with Gasteiger partial charge in [-0.3, -0.25) is 9.59 Å². The molecule has 1 aliphatic rings. The van der Waals surface area contributed by atoms with Crippen molar-refractivity contribution in [2.24, 2.45) is 11.8 Å². The molecular weight excluding hydrogens is 444 g/mol. The van der Waals surface area contributed by atoms with Crippen LogP contribution in [0.1, 0.15) is 64.0 Å². The molecule has 35 heavy (non-hydrogen) atoms. The highest BCUT2D eigenvalue weighted by atomic mass is 16.5. The highest BCUT2D eigenvalue weighted by Crippen LogP contribution is 2.44. The van der Waals surface area contributed by atoms with Gasteiger partial charge in [-0.2, -0.15) is 0 Å². The van der Waals surface area contributed by atoms with Crippen molar-refractivity contribution in [3.8, 4) is 11.1 Å². The van der Waals surface area contributed by atoms with Crippen molar-refractivity contribution in [1.82, 2.24) is 10.6 Å². The summed E-state index contributed by atoms with van der Waals surface area (Å²) in [4.78, 5) is 36.1. The highest BCUT2D eigenvalue weighted by Gasteiger charge is 2.30. The maximum absolute atomic E-state index is 12.4. The van der Waals surface area contributed by atoms with E-state index in [0.29, 0.717) is 12.8 Å². The van der Waals surface area contributed by atoms with Crippen molar-refractivity contribution < 1.29 is 24.2 Å². The summed E-state index contributed by atoms with van der Waals surface area (Å²) in [5, 5.41) is 15.0. The van der Waals surface area contributed by atoms with Crippen LogP contribution in [0.15, 0.2) is 48.5 Å². The van der Waals surface area contributed by atoms with Gasteiger partial charge in [0.2, 0.25) is 5.91 Å². The van der Waals surface area contributed by atoms with Gasteiger partial charge in [-0.05, 0) is 54.9 Å². The Hall–Kier alpha value is -3.35. The standard InChI is InChI=1S/C28H36N2O5/c1-17(2)26(27(32)33)19(4)30-25(31)15-9-10-18(3)29-28(34)35-16-24-22-13-7-5-11-20(22)21-12-6-8-14-23(21)24/h5-8,11-14,17-19,24,26H,9-10,15-16H2,1-4H3,(H,29,34)(H,30,31)(H,32,33). The number of aliphatic carboxylic acids is 1. The molecule has 0 aliphatic heterocycles. The Morgan fingerprint density at radius 1 is 0.914 bits per heavy atom. The minimum absolute atomic E-state index is 0.00890. The van der Waals surface area contributed by atoms with Gasteiger partial charge >= 0.3 is 12.1 Å². The van der Waals surface area contributed by atoms with E-state index in [4.69, 9.17) is 4.74 Å². The quantitative estimate of drug-likeness (QED) is 0.422. The number of carboxylic acids is 1. The van der Waals surface area contributed by atoms with E-state index in [1.54, 1.807) is 6.92 Å². The minimum Gasteiger partial charge on any atom is -0.481 e. The zero-order valence-electron chi connectivity index (χ0n) is 20.9. The molecule has 0 saturated carbocycles. The first kappa shape index (κ1) is 26.3. The van der Waals surface area contributed by atoms with Gasteiger partial charge < -0.3 is 20.5 Å². The summed E-state index contributed by atoms with van der Waals surface area (Å²) in [6.07, 6.45) is 0.978. The fourth-order valence-electron chi connectivity index (χ4n) is 4.97. The van der Waals surface area contributed by atoms with E-state index in [2.05, 4.69) is 34.9 Å². The van der Waals surface area contributed by atoms with Gasteiger partial charge in [-0.1, -0.05) is 62.4 Å². The first-order valence-electron chi connectivity index (χ1n) is 12.3. The molecule has 3 unspecified atom stereocenters. The number of benzene rings is 2. The average molecular weight is 481 g/mol. The molecule has 0 radical (unpaired) electrons. The lowest BCUT2D eigenvalue weighted by molar-refractivity contribution is -0.144. The summed E-state index contributed by atoms with van der Waals surface area (Å²) in [7, 11) is 0. The monoisotopic (exact) mass is 480 g/mol. The molecule has 7 nitrogen and oxygen atoms in total. The number of fused-ring (bicyclic) bond motifs is 3. The first-order chi connectivity index (χ1) is 16.7. The van der Waals surface area contributed by atoms with Crippen molar-refractivity contribution in [1.29, 1.82) is 0 Å². The highest BCUT2D eigenvalue weighted by molar-refractivity contribution is 5.79. The molecular formula is C28H36N2O5. The summed E-state index contributed by atoms with van der Waals surface area (Å²) >= 11 is 0. The molecule has 2 aromatic rings. The Bertz CT molecular complexity index is 1010. The lowest BCUT2D eigenvalue weighted by atomic mass is 9.89. The molecule has 3 rings (SSSR count). The number of hydrogen-bond donors (Lipinski definition) is 3. The predicted molar refractivity (Wildman–Crippen MR) is 135 cm³/mol. The second-order valence-electron chi connectivity index (χ2n) is 9.73. The number of amides is 2. The van der Waals surface area contributed by atoms with E-state index in [1.165, 1.54) is 11.1 Å². The van der Waals surface area contributed by atoms with E-state index < -0.39 is 24.0 Å². The van der Waals surface area contributed by atoms with Crippen LogP contribution in [0.5, 0.6) is 0 Å². The third-order valence-electron chi connectivity index (χ3n) is 6.68. The van der Waals surface area contributed by atoms with E-state index in [9.17, 15) is 19.5 Å². The van der Waals surface area contributed by atoms with Crippen LogP contribution in [0, 0.1) is 11.8 Å². The summed E-state index contributed by atoms with van der Waals surface area (Å²) < 4.78 is 5.58. The Morgan fingerprint density at radius 3 is 2.03 bits per heavy atom. The fraction of sp³-hybridized carbons (Fsp3) is 0.464. The van der Waals surface area contributed by atoms with Gasteiger partial charge in [0.15, 0.2) is 0 Å². The van der Waals surface area contributed by atoms with Crippen molar-refractivity contribution >= 4 is 18.0 Å². The Kier molecular flexibility index (Phi) is 8.90. The summed E-state index contributed by atoms with van der Waals surface area (Å²) in [6.45, 7) is 7.52. The second-order valence-corrected chi connectivity index (χ2v) is 9.73. The number of rotatable bonds is 11. The Labute approximate surface area is 207 Å². The molecule has 7 heteroatoms. The second kappa shape index (κ2) is 11.9. The fourth-order valence-corrected chi connectivity index (χ4v) is 4.97. The van der Waals surface area contributed by atoms with Crippen LogP contribution < -0.4 is 10.6 Å². The number of carbonyl (C=O) groups is 3. The SMILES string of the molecule is CC(CCCC(=O)NC(C)C(C(=O)O)C(C)C)NC(=O)OCC1c2ccccc2-c2ccccc21. The van der Waals surface area contributed by atoms with Crippen LogP contribution >= 0.6 is 0 Å². The largest absolute Gasteiger partial charge is 0.481 e. The van der Waals surface area contributed by atoms with Crippen LogP contribution in [0.2, 0.25) is 0 Å². The molecule has 0 spiro atoms. The molecule has 0 aromatic heterocycles. The molecule has 2 amide bonds. The number of hydrogen-bond acceptors (Lipinski definition) is 4. The molecule has 188 valence electrons. The average Bonchev–Trinajstić information content (AvgIpc) is 3.11. The third-order valence-corrected chi connectivity index (χ3v) is 6.68.